The fraction of sp³-hybridized carbons (Fsp3) is 0.556. The van der Waals surface area contributed by atoms with Crippen molar-refractivity contribution >= 4 is 47.4 Å². The molecule has 0 aliphatic rings. The third-order valence-corrected chi connectivity index (χ3v) is 4.35. The quantitative estimate of drug-likeness (QED) is 0.0902. The van der Waals surface area contributed by atoms with E-state index in [1.165, 1.54) is 0 Å². The Balaban J connectivity index is 5.53. The van der Waals surface area contributed by atoms with Gasteiger partial charge in [-0.2, -0.15) is 0 Å². The normalized spacial score (nSPS) is 13.9. The number of carboxylic acids is 3. The maximum absolute atomic E-state index is 12.6. The van der Waals surface area contributed by atoms with Crippen LogP contribution in [0.25, 0.3) is 0 Å². The first-order chi connectivity index (χ1) is 16.1. The highest BCUT2D eigenvalue weighted by Gasteiger charge is 2.32. The highest BCUT2D eigenvalue weighted by atomic mass is 16.4. The summed E-state index contributed by atoms with van der Waals surface area (Å²) >= 11 is 0. The Morgan fingerprint density at radius 1 is 0.600 bits per heavy atom. The number of carbonyl (C=O) groups is 8. The molecule has 5 amide bonds. The monoisotopic (exact) mass is 504 g/mol. The van der Waals surface area contributed by atoms with Crippen molar-refractivity contribution in [2.75, 3.05) is 0 Å². The molecule has 0 radical (unpaired) electrons. The van der Waals surface area contributed by atoms with Crippen molar-refractivity contribution in [2.24, 2.45) is 17.2 Å². The molecule has 17 heteroatoms. The Labute approximate surface area is 197 Å². The molecule has 0 heterocycles. The van der Waals surface area contributed by atoms with Crippen LogP contribution in [0.2, 0.25) is 0 Å². The average molecular weight is 504 g/mol. The van der Waals surface area contributed by atoms with Gasteiger partial charge in [-0.05, 0) is 12.8 Å². The van der Waals surface area contributed by atoms with Crippen LogP contribution in [0.4, 0.5) is 0 Å². The van der Waals surface area contributed by atoms with Crippen LogP contribution in [0.3, 0.4) is 0 Å². The predicted octanol–water partition coefficient (Wildman–Crippen LogP) is -4.67. The van der Waals surface area contributed by atoms with Crippen molar-refractivity contribution in [1.82, 2.24) is 16.0 Å². The van der Waals surface area contributed by atoms with E-state index in [9.17, 15) is 38.4 Å². The maximum Gasteiger partial charge on any atom is 0.326 e. The second-order valence-electron chi connectivity index (χ2n) is 7.33. The standard InChI is InChI=1S/C18H28N6O11/c19-7(1-3-11(20)25)15(31)23-9(5-12(21)26)16(32)24-10(6-14(29)30)17(33)22-8(18(34)35)2-4-13(27)28/h7-10H,1-6,19H2,(H2,20,25)(H2,21,26)(H,22,33)(H,23,31)(H,24,32)(H,27,28)(H,29,30)(H,34,35). The van der Waals surface area contributed by atoms with Gasteiger partial charge in [-0.25, -0.2) is 4.79 Å². The number of amides is 5. The number of carbonyl (C=O) groups excluding carboxylic acids is 5. The molecular formula is C18H28N6O11. The second-order valence-corrected chi connectivity index (χ2v) is 7.33. The first-order valence-corrected chi connectivity index (χ1v) is 10.0. The van der Waals surface area contributed by atoms with Gasteiger partial charge in [0, 0.05) is 12.8 Å². The van der Waals surface area contributed by atoms with Crippen LogP contribution < -0.4 is 33.2 Å². The number of hydrogen-bond acceptors (Lipinski definition) is 9. The highest BCUT2D eigenvalue weighted by molar-refractivity contribution is 5.97. The lowest BCUT2D eigenvalue weighted by Crippen LogP contribution is -2.58. The molecule has 0 fully saturated rings. The van der Waals surface area contributed by atoms with E-state index < -0.39 is 97.3 Å². The minimum Gasteiger partial charge on any atom is -0.481 e. The molecule has 0 aliphatic heterocycles. The maximum atomic E-state index is 12.6. The van der Waals surface area contributed by atoms with Crippen LogP contribution in [-0.4, -0.2) is 86.9 Å². The minimum absolute atomic E-state index is 0.191. The van der Waals surface area contributed by atoms with Gasteiger partial charge in [0.1, 0.15) is 18.1 Å². The van der Waals surface area contributed by atoms with Gasteiger partial charge < -0.3 is 48.5 Å². The molecule has 4 unspecified atom stereocenters. The molecule has 17 nitrogen and oxygen atoms in total. The molecule has 0 spiro atoms. The van der Waals surface area contributed by atoms with Gasteiger partial charge in [-0.15, -0.1) is 0 Å². The van der Waals surface area contributed by atoms with Gasteiger partial charge in [-0.1, -0.05) is 0 Å². The summed E-state index contributed by atoms with van der Waals surface area (Å²) in [5, 5.41) is 32.9. The molecule has 35 heavy (non-hydrogen) atoms. The Morgan fingerprint density at radius 3 is 1.51 bits per heavy atom. The van der Waals surface area contributed by atoms with Crippen LogP contribution in [0.15, 0.2) is 0 Å². The Hall–Kier alpha value is -4.28. The van der Waals surface area contributed by atoms with Gasteiger partial charge in [0.2, 0.25) is 29.5 Å². The molecule has 0 saturated carbocycles. The van der Waals surface area contributed by atoms with E-state index in [2.05, 4.69) is 5.32 Å². The van der Waals surface area contributed by atoms with Crippen molar-refractivity contribution in [3.63, 3.8) is 0 Å². The number of carboxylic acid groups (broad SMARTS) is 3. The van der Waals surface area contributed by atoms with Crippen LogP contribution in [-0.2, 0) is 38.4 Å². The number of nitrogens with two attached hydrogens (primary N) is 3. The van der Waals surface area contributed by atoms with Crippen molar-refractivity contribution in [3.8, 4) is 0 Å². The van der Waals surface area contributed by atoms with Crippen molar-refractivity contribution in [3.05, 3.63) is 0 Å². The van der Waals surface area contributed by atoms with Crippen molar-refractivity contribution < 1.29 is 53.7 Å². The molecule has 0 rings (SSSR count). The van der Waals surface area contributed by atoms with Gasteiger partial charge in [0.05, 0.1) is 18.9 Å². The molecule has 0 aromatic heterocycles. The van der Waals surface area contributed by atoms with E-state index in [-0.39, 0.29) is 12.8 Å². The van der Waals surface area contributed by atoms with Gasteiger partial charge in [-0.3, -0.25) is 33.6 Å². The summed E-state index contributed by atoms with van der Waals surface area (Å²) in [5.74, 6) is -9.82. The van der Waals surface area contributed by atoms with E-state index in [1.807, 2.05) is 10.6 Å². The molecule has 0 saturated heterocycles. The summed E-state index contributed by atoms with van der Waals surface area (Å²) in [5.41, 5.74) is 15.6. The van der Waals surface area contributed by atoms with E-state index in [4.69, 9.17) is 32.5 Å². The zero-order valence-electron chi connectivity index (χ0n) is 18.4. The number of aliphatic carboxylic acids is 3. The molecule has 0 aliphatic carbocycles. The molecule has 0 aromatic carbocycles. The van der Waals surface area contributed by atoms with Crippen molar-refractivity contribution in [2.45, 2.75) is 62.7 Å². The van der Waals surface area contributed by atoms with Crippen LogP contribution >= 0.6 is 0 Å². The zero-order chi connectivity index (χ0) is 27.3. The third kappa shape index (κ3) is 13.1. The largest absolute Gasteiger partial charge is 0.481 e. The summed E-state index contributed by atoms with van der Waals surface area (Å²) in [6.45, 7) is 0. The molecule has 0 aromatic rings. The Morgan fingerprint density at radius 2 is 1.09 bits per heavy atom. The lowest BCUT2D eigenvalue weighted by atomic mass is 10.1. The number of rotatable bonds is 17. The summed E-state index contributed by atoms with van der Waals surface area (Å²) < 4.78 is 0. The smallest absolute Gasteiger partial charge is 0.326 e. The number of primary amides is 2. The van der Waals surface area contributed by atoms with E-state index in [0.717, 1.165) is 0 Å². The van der Waals surface area contributed by atoms with E-state index in [1.54, 1.807) is 0 Å². The molecule has 196 valence electrons. The molecular weight excluding hydrogens is 476 g/mol. The Bertz CT molecular complexity index is 862. The molecule has 0 bridgehead atoms. The summed E-state index contributed by atoms with van der Waals surface area (Å²) in [7, 11) is 0. The predicted molar refractivity (Wildman–Crippen MR) is 113 cm³/mol. The van der Waals surface area contributed by atoms with Crippen LogP contribution in [0.1, 0.15) is 38.5 Å². The van der Waals surface area contributed by atoms with Crippen LogP contribution in [0, 0.1) is 0 Å². The second kappa shape index (κ2) is 14.8. The Kier molecular flexibility index (Phi) is 13.0. The summed E-state index contributed by atoms with van der Waals surface area (Å²) in [6.07, 6.45) is -3.42. The van der Waals surface area contributed by atoms with Gasteiger partial charge in [0.25, 0.3) is 0 Å². The first-order valence-electron chi connectivity index (χ1n) is 10.0. The fourth-order valence-corrected chi connectivity index (χ4v) is 2.57. The topological polar surface area (TPSA) is 311 Å². The van der Waals surface area contributed by atoms with Gasteiger partial charge >= 0.3 is 17.9 Å². The van der Waals surface area contributed by atoms with E-state index in [0.29, 0.717) is 0 Å². The highest BCUT2D eigenvalue weighted by Crippen LogP contribution is 2.03. The first kappa shape index (κ1) is 30.7. The number of hydrogen-bond donors (Lipinski definition) is 9. The lowest BCUT2D eigenvalue weighted by molar-refractivity contribution is -0.144. The summed E-state index contributed by atoms with van der Waals surface area (Å²) in [6, 6.07) is -6.60. The molecule has 12 N–H and O–H groups in total. The van der Waals surface area contributed by atoms with Gasteiger partial charge in [0.15, 0.2) is 0 Å². The van der Waals surface area contributed by atoms with Crippen LogP contribution in [0.5, 0.6) is 0 Å². The third-order valence-electron chi connectivity index (χ3n) is 4.35. The zero-order valence-corrected chi connectivity index (χ0v) is 18.4. The fourth-order valence-electron chi connectivity index (χ4n) is 2.57. The van der Waals surface area contributed by atoms with Crippen molar-refractivity contribution in [1.29, 1.82) is 0 Å². The van der Waals surface area contributed by atoms with E-state index >= 15 is 0 Å². The molecule has 4 atom stereocenters. The average Bonchev–Trinajstić information content (AvgIpc) is 2.72. The minimum atomic E-state index is -1.87. The summed E-state index contributed by atoms with van der Waals surface area (Å²) in [4.78, 5) is 92.5. The lowest BCUT2D eigenvalue weighted by Gasteiger charge is -2.24. The number of nitrogens with one attached hydrogen (secondary N) is 3. The SMILES string of the molecule is NC(=O)CCC(N)C(=O)NC(CC(N)=O)C(=O)NC(CC(=O)O)C(=O)NC(CCC(=O)O)C(=O)O.